The lowest BCUT2D eigenvalue weighted by Gasteiger charge is -2.06. The van der Waals surface area contributed by atoms with Crippen LogP contribution in [-0.4, -0.2) is 32.1 Å². The van der Waals surface area contributed by atoms with E-state index >= 15 is 0 Å². The Morgan fingerprint density at radius 2 is 1.90 bits per heavy atom. The molecule has 0 saturated heterocycles. The van der Waals surface area contributed by atoms with Crippen molar-refractivity contribution < 1.29 is 23.5 Å². The highest BCUT2D eigenvalue weighted by molar-refractivity contribution is 5.97. The quantitative estimate of drug-likeness (QED) is 0.218. The van der Waals surface area contributed by atoms with Crippen molar-refractivity contribution in [2.45, 2.75) is 0 Å². The van der Waals surface area contributed by atoms with Gasteiger partial charge in [-0.1, -0.05) is 30.3 Å². The molecule has 7 nitrogen and oxygen atoms in total. The Kier molecular flexibility index (Phi) is 6.55. The predicted molar refractivity (Wildman–Crippen MR) is 108 cm³/mol. The van der Waals surface area contributed by atoms with Gasteiger partial charge in [-0.15, -0.1) is 0 Å². The molecule has 0 aliphatic heterocycles. The molecule has 0 radical (unpaired) electrons. The first-order valence-corrected chi connectivity index (χ1v) is 8.87. The Bertz CT molecular complexity index is 1100. The molecular formula is C22H19NO6. The van der Waals surface area contributed by atoms with E-state index in [1.807, 2.05) is 30.3 Å². The zero-order valence-corrected chi connectivity index (χ0v) is 15.7. The standard InChI is InChI=1S/C22H19NO6/c1-27-12-11-23-21(25)18-13-16-8-9-17(14-19(16)29-22(18)26)28-20(24)10-7-15-5-3-2-4-6-15/h2-10,13-14H,11-12H2,1H3,(H,23,25)/b10-7+. The van der Waals surface area contributed by atoms with Gasteiger partial charge in [0.15, 0.2) is 0 Å². The number of amides is 1. The lowest BCUT2D eigenvalue weighted by Crippen LogP contribution is -2.30. The van der Waals surface area contributed by atoms with Crippen LogP contribution in [-0.2, 0) is 9.53 Å². The van der Waals surface area contributed by atoms with Gasteiger partial charge in [-0.3, -0.25) is 4.79 Å². The lowest BCUT2D eigenvalue weighted by atomic mass is 10.1. The maximum atomic E-state index is 12.1. The molecule has 2 aromatic carbocycles. The normalized spacial score (nSPS) is 10.9. The number of carbonyl (C=O) groups excluding carboxylic acids is 2. The number of ether oxygens (including phenoxy) is 2. The monoisotopic (exact) mass is 393 g/mol. The number of fused-ring (bicyclic) bond motifs is 1. The summed E-state index contributed by atoms with van der Waals surface area (Å²) in [5, 5.41) is 3.10. The molecular weight excluding hydrogens is 374 g/mol. The minimum atomic E-state index is -0.778. The molecule has 1 aromatic heterocycles. The van der Waals surface area contributed by atoms with Gasteiger partial charge in [0, 0.05) is 31.2 Å². The number of carbonyl (C=O) groups is 2. The molecule has 0 fully saturated rings. The van der Waals surface area contributed by atoms with E-state index < -0.39 is 17.5 Å². The predicted octanol–water partition coefficient (Wildman–Crippen LogP) is 2.79. The number of nitrogens with one attached hydrogen (secondary N) is 1. The van der Waals surface area contributed by atoms with Gasteiger partial charge >= 0.3 is 11.6 Å². The molecule has 1 heterocycles. The highest BCUT2D eigenvalue weighted by Gasteiger charge is 2.14. The number of methoxy groups -OCH3 is 1. The first kappa shape index (κ1) is 20.0. The molecule has 0 atom stereocenters. The Labute approximate surface area is 166 Å². The van der Waals surface area contributed by atoms with Crippen LogP contribution in [0.15, 0.2) is 69.9 Å². The molecule has 7 heteroatoms. The van der Waals surface area contributed by atoms with E-state index in [1.54, 1.807) is 18.2 Å². The van der Waals surface area contributed by atoms with Gasteiger partial charge in [-0.05, 0) is 29.8 Å². The van der Waals surface area contributed by atoms with Crippen LogP contribution >= 0.6 is 0 Å². The van der Waals surface area contributed by atoms with Gasteiger partial charge in [0.05, 0.1) is 6.61 Å². The van der Waals surface area contributed by atoms with Crippen LogP contribution in [0.5, 0.6) is 5.75 Å². The fraction of sp³-hybridized carbons (Fsp3) is 0.136. The van der Waals surface area contributed by atoms with Gasteiger partial charge in [0.1, 0.15) is 16.9 Å². The minimum Gasteiger partial charge on any atom is -0.423 e. The fourth-order valence-electron chi connectivity index (χ4n) is 2.55. The molecule has 29 heavy (non-hydrogen) atoms. The van der Waals surface area contributed by atoms with Crippen LogP contribution in [0.4, 0.5) is 0 Å². The number of benzene rings is 2. The maximum Gasteiger partial charge on any atom is 0.349 e. The van der Waals surface area contributed by atoms with Crippen LogP contribution < -0.4 is 15.7 Å². The van der Waals surface area contributed by atoms with E-state index in [9.17, 15) is 14.4 Å². The zero-order valence-electron chi connectivity index (χ0n) is 15.7. The minimum absolute atomic E-state index is 0.107. The van der Waals surface area contributed by atoms with Crippen LogP contribution in [0, 0.1) is 0 Å². The summed E-state index contributed by atoms with van der Waals surface area (Å²) in [6.07, 6.45) is 2.95. The van der Waals surface area contributed by atoms with E-state index in [0.717, 1.165) is 5.56 Å². The highest BCUT2D eigenvalue weighted by atomic mass is 16.5. The van der Waals surface area contributed by atoms with Crippen molar-refractivity contribution in [2.24, 2.45) is 0 Å². The van der Waals surface area contributed by atoms with Crippen LogP contribution in [0.2, 0.25) is 0 Å². The average Bonchev–Trinajstić information content (AvgIpc) is 2.72. The Morgan fingerprint density at radius 1 is 1.10 bits per heavy atom. The topological polar surface area (TPSA) is 94.8 Å². The summed E-state index contributed by atoms with van der Waals surface area (Å²) in [5.41, 5.74) is 0.190. The highest BCUT2D eigenvalue weighted by Crippen LogP contribution is 2.21. The van der Waals surface area contributed by atoms with Crippen LogP contribution in [0.3, 0.4) is 0 Å². The van der Waals surface area contributed by atoms with E-state index in [0.29, 0.717) is 12.0 Å². The SMILES string of the molecule is COCCNC(=O)c1cc2ccc(OC(=O)/C=C/c3ccccc3)cc2oc1=O. The summed E-state index contributed by atoms with van der Waals surface area (Å²) in [7, 11) is 1.51. The summed E-state index contributed by atoms with van der Waals surface area (Å²) in [5.74, 6) is -0.885. The van der Waals surface area contributed by atoms with Crippen molar-refractivity contribution in [3.8, 4) is 5.75 Å². The molecule has 148 valence electrons. The number of hydrogen-bond acceptors (Lipinski definition) is 6. The van der Waals surface area contributed by atoms with Crippen molar-refractivity contribution in [3.63, 3.8) is 0 Å². The molecule has 3 rings (SSSR count). The van der Waals surface area contributed by atoms with Crippen molar-refractivity contribution in [1.29, 1.82) is 0 Å². The van der Waals surface area contributed by atoms with E-state index in [2.05, 4.69) is 5.32 Å². The second kappa shape index (κ2) is 9.48. The van der Waals surface area contributed by atoms with Crippen molar-refractivity contribution in [2.75, 3.05) is 20.3 Å². The van der Waals surface area contributed by atoms with E-state index in [-0.39, 0.29) is 23.4 Å². The first-order chi connectivity index (χ1) is 14.1. The second-order valence-electron chi connectivity index (χ2n) is 6.06. The van der Waals surface area contributed by atoms with E-state index in [4.69, 9.17) is 13.9 Å². The molecule has 3 aromatic rings. The molecule has 0 unspecified atom stereocenters. The third-order valence-electron chi connectivity index (χ3n) is 3.97. The third-order valence-corrected chi connectivity index (χ3v) is 3.97. The van der Waals surface area contributed by atoms with E-state index in [1.165, 1.54) is 25.3 Å². The van der Waals surface area contributed by atoms with Gasteiger partial charge in [0.25, 0.3) is 5.91 Å². The van der Waals surface area contributed by atoms with Crippen molar-refractivity contribution >= 4 is 28.9 Å². The fourth-order valence-corrected chi connectivity index (χ4v) is 2.55. The summed E-state index contributed by atoms with van der Waals surface area (Å²) < 4.78 is 15.3. The lowest BCUT2D eigenvalue weighted by molar-refractivity contribution is -0.128. The van der Waals surface area contributed by atoms with Crippen molar-refractivity contribution in [1.82, 2.24) is 5.32 Å². The zero-order chi connectivity index (χ0) is 20.6. The molecule has 0 aliphatic rings. The summed E-state index contributed by atoms with van der Waals surface area (Å²) in [4.78, 5) is 36.2. The number of rotatable bonds is 7. The average molecular weight is 393 g/mol. The van der Waals surface area contributed by atoms with Crippen molar-refractivity contribution in [3.05, 3.63) is 82.2 Å². The summed E-state index contributed by atoms with van der Waals surface area (Å²) in [6.45, 7) is 0.607. The number of hydrogen-bond donors (Lipinski definition) is 1. The molecule has 0 aliphatic carbocycles. The number of esters is 1. The molecule has 1 amide bonds. The van der Waals surface area contributed by atoms with Gasteiger partial charge in [-0.25, -0.2) is 9.59 Å². The molecule has 0 spiro atoms. The third kappa shape index (κ3) is 5.40. The Hall–Kier alpha value is -3.71. The Morgan fingerprint density at radius 3 is 2.66 bits per heavy atom. The molecule has 0 bridgehead atoms. The summed E-state index contributed by atoms with van der Waals surface area (Å²) in [6, 6.07) is 15.4. The van der Waals surface area contributed by atoms with Crippen LogP contribution in [0.1, 0.15) is 15.9 Å². The summed E-state index contributed by atoms with van der Waals surface area (Å²) >= 11 is 0. The van der Waals surface area contributed by atoms with Gasteiger partial charge in [0.2, 0.25) is 0 Å². The Balaban J connectivity index is 1.74. The first-order valence-electron chi connectivity index (χ1n) is 8.87. The largest absolute Gasteiger partial charge is 0.423 e. The van der Waals surface area contributed by atoms with Gasteiger partial charge < -0.3 is 19.2 Å². The second-order valence-corrected chi connectivity index (χ2v) is 6.06. The maximum absolute atomic E-state index is 12.1. The van der Waals surface area contributed by atoms with Gasteiger partial charge in [-0.2, -0.15) is 0 Å². The molecule has 1 N–H and O–H groups in total. The molecule has 0 saturated carbocycles. The van der Waals surface area contributed by atoms with Crippen LogP contribution in [0.25, 0.3) is 17.0 Å². The smallest absolute Gasteiger partial charge is 0.349 e.